The van der Waals surface area contributed by atoms with Crippen molar-refractivity contribution in [2.45, 2.75) is 19.4 Å². The van der Waals surface area contributed by atoms with Crippen LogP contribution in [0, 0.1) is 0 Å². The third-order valence-electron chi connectivity index (χ3n) is 6.31. The van der Waals surface area contributed by atoms with Gasteiger partial charge < -0.3 is 15.1 Å². The third-order valence-corrected chi connectivity index (χ3v) is 6.31. The molecule has 0 radical (unpaired) electrons. The van der Waals surface area contributed by atoms with Crippen molar-refractivity contribution in [3.63, 3.8) is 0 Å². The molecule has 2 aliphatic rings. The summed E-state index contributed by atoms with van der Waals surface area (Å²) in [7, 11) is 0. The summed E-state index contributed by atoms with van der Waals surface area (Å²) in [5.74, 6) is 1.31. The molecule has 6 rings (SSSR count). The van der Waals surface area contributed by atoms with Gasteiger partial charge in [-0.3, -0.25) is 14.7 Å². The lowest BCUT2D eigenvalue weighted by atomic mass is 10.1. The molecule has 1 saturated heterocycles. The van der Waals surface area contributed by atoms with Gasteiger partial charge in [0.1, 0.15) is 0 Å². The van der Waals surface area contributed by atoms with Gasteiger partial charge in [0.15, 0.2) is 23.0 Å². The Morgan fingerprint density at radius 1 is 1.06 bits per heavy atom. The van der Waals surface area contributed by atoms with Crippen LogP contribution >= 0.6 is 0 Å². The molecule has 0 atom stereocenters. The summed E-state index contributed by atoms with van der Waals surface area (Å²) in [4.78, 5) is 27.8. The molecule has 1 fully saturated rings. The van der Waals surface area contributed by atoms with Crippen molar-refractivity contribution in [2.24, 2.45) is 0 Å². The smallest absolute Gasteiger partial charge is 0.197 e. The molecule has 2 N–H and O–H groups in total. The summed E-state index contributed by atoms with van der Waals surface area (Å²) in [6.07, 6.45) is 8.56. The van der Waals surface area contributed by atoms with Crippen molar-refractivity contribution < 1.29 is 9.21 Å². The number of carbonyl (C=O) groups is 1. The highest BCUT2D eigenvalue weighted by atomic mass is 16.3. The average molecular weight is 441 g/mol. The van der Waals surface area contributed by atoms with E-state index in [1.807, 2.05) is 36.7 Å². The highest BCUT2D eigenvalue weighted by Gasteiger charge is 2.22. The highest BCUT2D eigenvalue weighted by Crippen LogP contribution is 2.38. The van der Waals surface area contributed by atoms with Crippen molar-refractivity contribution in [1.82, 2.24) is 25.2 Å². The van der Waals surface area contributed by atoms with E-state index in [-0.39, 0.29) is 5.78 Å². The fraction of sp³-hybridized carbons (Fsp3) is 0.280. The number of nitrogens with one attached hydrogen (secondary N) is 2. The fourth-order valence-corrected chi connectivity index (χ4v) is 4.59. The number of piperazine rings is 1. The lowest BCUT2D eigenvalue weighted by molar-refractivity contribution is 0.0994. The predicted octanol–water partition coefficient (Wildman–Crippen LogP) is 3.56. The van der Waals surface area contributed by atoms with Crippen molar-refractivity contribution >= 4 is 28.1 Å². The number of aryl methyl sites for hydroxylation is 1. The van der Waals surface area contributed by atoms with Crippen LogP contribution in [0.5, 0.6) is 0 Å². The van der Waals surface area contributed by atoms with Gasteiger partial charge in [0.25, 0.3) is 0 Å². The van der Waals surface area contributed by atoms with E-state index in [1.165, 1.54) is 0 Å². The van der Waals surface area contributed by atoms with Gasteiger partial charge in [0.05, 0.1) is 11.9 Å². The van der Waals surface area contributed by atoms with Crippen molar-refractivity contribution in [2.75, 3.05) is 31.5 Å². The van der Waals surface area contributed by atoms with Crippen LogP contribution < -0.4 is 10.6 Å². The summed E-state index contributed by atoms with van der Waals surface area (Å²) in [6, 6.07) is 7.79. The number of hydrogen-bond donors (Lipinski definition) is 2. The average Bonchev–Trinajstić information content (AvgIpc) is 3.41. The zero-order valence-electron chi connectivity index (χ0n) is 18.2. The molecule has 4 aromatic rings. The Bertz CT molecular complexity index is 1320. The van der Waals surface area contributed by atoms with Gasteiger partial charge in [0, 0.05) is 79.9 Å². The van der Waals surface area contributed by atoms with Gasteiger partial charge >= 0.3 is 0 Å². The first-order chi connectivity index (χ1) is 16.2. The quantitative estimate of drug-likeness (QED) is 0.486. The van der Waals surface area contributed by atoms with Gasteiger partial charge in [-0.1, -0.05) is 0 Å². The molecule has 0 unspecified atom stereocenters. The second-order valence-electron chi connectivity index (χ2n) is 8.54. The van der Waals surface area contributed by atoms with E-state index >= 15 is 0 Å². The third kappa shape index (κ3) is 3.88. The van der Waals surface area contributed by atoms with Gasteiger partial charge in [-0.2, -0.15) is 0 Å². The zero-order chi connectivity index (χ0) is 22.2. The molecule has 33 heavy (non-hydrogen) atoms. The molecule has 0 spiro atoms. The maximum Gasteiger partial charge on any atom is 0.197 e. The first-order valence-corrected chi connectivity index (χ1v) is 11.3. The molecule has 0 saturated carbocycles. The van der Waals surface area contributed by atoms with Gasteiger partial charge in [-0.05, 0) is 36.2 Å². The second kappa shape index (κ2) is 8.38. The number of ketones is 1. The number of nitrogens with zero attached hydrogens (tertiary/aromatic N) is 4. The van der Waals surface area contributed by atoms with Gasteiger partial charge in [-0.25, -0.2) is 9.97 Å². The van der Waals surface area contributed by atoms with E-state index in [2.05, 4.69) is 30.5 Å². The maximum absolute atomic E-state index is 12.0. The number of Topliss-reactive ketones (excluding diaryl/α,β-unsaturated/α-hetero) is 1. The van der Waals surface area contributed by atoms with Crippen LogP contribution in [0.4, 0.5) is 11.4 Å². The summed E-state index contributed by atoms with van der Waals surface area (Å²) in [6.45, 7) is 4.91. The van der Waals surface area contributed by atoms with Gasteiger partial charge in [0.2, 0.25) is 0 Å². The molecule has 0 bridgehead atoms. The molecule has 1 aliphatic heterocycles. The van der Waals surface area contributed by atoms with E-state index in [1.54, 1.807) is 12.4 Å². The van der Waals surface area contributed by atoms with Crippen LogP contribution in [0.3, 0.4) is 0 Å². The Balaban J connectivity index is 1.32. The lowest BCUT2D eigenvalue weighted by Gasteiger charge is -2.26. The van der Waals surface area contributed by atoms with E-state index in [0.717, 1.165) is 72.6 Å². The number of benzene rings is 1. The van der Waals surface area contributed by atoms with Crippen LogP contribution in [0.2, 0.25) is 0 Å². The van der Waals surface area contributed by atoms with Crippen molar-refractivity contribution in [3.8, 4) is 11.6 Å². The Kier molecular flexibility index (Phi) is 5.09. The number of carbonyl (C=O) groups excluding carboxylic acids is 1. The van der Waals surface area contributed by atoms with Crippen molar-refractivity contribution in [1.29, 1.82) is 0 Å². The zero-order valence-corrected chi connectivity index (χ0v) is 18.2. The second-order valence-corrected chi connectivity index (χ2v) is 8.54. The van der Waals surface area contributed by atoms with Crippen LogP contribution in [0.1, 0.15) is 27.9 Å². The molecular formula is C25H24N6O2. The molecule has 0 amide bonds. The Morgan fingerprint density at radius 3 is 2.76 bits per heavy atom. The fourth-order valence-electron chi connectivity index (χ4n) is 4.59. The molecule has 8 nitrogen and oxygen atoms in total. The Hall–Kier alpha value is -3.62. The largest absolute Gasteiger partial charge is 0.449 e. The molecule has 8 heteroatoms. The van der Waals surface area contributed by atoms with Crippen LogP contribution in [0.25, 0.3) is 22.6 Å². The normalized spacial score (nSPS) is 16.3. The number of anilines is 2. The minimum absolute atomic E-state index is 0.214. The van der Waals surface area contributed by atoms with E-state index in [4.69, 9.17) is 4.42 Å². The first kappa shape index (κ1) is 20.0. The van der Waals surface area contributed by atoms with E-state index in [0.29, 0.717) is 23.6 Å². The minimum atomic E-state index is 0.214. The molecule has 166 valence electrons. The van der Waals surface area contributed by atoms with Gasteiger partial charge in [-0.15, -0.1) is 0 Å². The van der Waals surface area contributed by atoms with E-state index in [9.17, 15) is 4.79 Å². The maximum atomic E-state index is 12.0. The standard InChI is InChI=1S/C25H24N6O2/c32-21-4-1-17-11-18(2-3-19(17)21)30-23-20-5-6-27-14-22(20)33-24(23)25-28-12-16(13-29-25)15-31-9-7-26-8-10-31/h2-3,5-6,11-14,26,30H,1,4,7-10,15H2. The topological polar surface area (TPSA) is 96.2 Å². The van der Waals surface area contributed by atoms with Crippen LogP contribution in [-0.4, -0.2) is 51.8 Å². The number of pyridine rings is 1. The Morgan fingerprint density at radius 2 is 1.91 bits per heavy atom. The number of furan rings is 1. The number of fused-ring (bicyclic) bond motifs is 2. The molecule has 3 aromatic heterocycles. The van der Waals surface area contributed by atoms with Crippen molar-refractivity contribution in [3.05, 3.63) is 65.7 Å². The predicted molar refractivity (Wildman–Crippen MR) is 126 cm³/mol. The first-order valence-electron chi connectivity index (χ1n) is 11.3. The molecule has 4 heterocycles. The van der Waals surface area contributed by atoms with E-state index < -0.39 is 0 Å². The SMILES string of the molecule is O=C1CCc2cc(Nc3c(-c4ncc(CN5CCNCC5)cn4)oc4cnccc34)ccc21. The summed E-state index contributed by atoms with van der Waals surface area (Å²) in [5.41, 5.74) is 5.35. The highest BCUT2D eigenvalue weighted by molar-refractivity contribution is 6.02. The lowest BCUT2D eigenvalue weighted by Crippen LogP contribution is -2.42. The monoisotopic (exact) mass is 440 g/mol. The number of rotatable bonds is 5. The van der Waals surface area contributed by atoms with Crippen LogP contribution in [-0.2, 0) is 13.0 Å². The number of hydrogen-bond acceptors (Lipinski definition) is 8. The Labute approximate surface area is 191 Å². The molecule has 1 aliphatic carbocycles. The minimum Gasteiger partial charge on any atom is -0.449 e. The number of aromatic nitrogens is 3. The summed E-state index contributed by atoms with van der Waals surface area (Å²) in [5, 5.41) is 7.77. The summed E-state index contributed by atoms with van der Waals surface area (Å²) < 4.78 is 6.13. The molecule has 1 aromatic carbocycles. The summed E-state index contributed by atoms with van der Waals surface area (Å²) >= 11 is 0. The molecular weight excluding hydrogens is 416 g/mol. The van der Waals surface area contributed by atoms with Crippen LogP contribution in [0.15, 0.2) is 53.5 Å².